The maximum absolute atomic E-state index is 12.0. The Hall–Kier alpha value is -1.88. The highest BCUT2D eigenvalue weighted by molar-refractivity contribution is 5.48. The number of aromatic nitrogens is 2. The number of unbranched alkanes of at least 4 members (excludes halogenated alkanes) is 3. The lowest BCUT2D eigenvalue weighted by atomic mass is 10.2. The molecule has 23 heavy (non-hydrogen) atoms. The molecule has 1 saturated heterocycles. The van der Waals surface area contributed by atoms with Crippen LogP contribution in [0.3, 0.4) is 0 Å². The minimum atomic E-state index is -0.888. The Morgan fingerprint density at radius 1 is 1.52 bits per heavy atom. The molecule has 1 aliphatic heterocycles. The van der Waals surface area contributed by atoms with Gasteiger partial charge in [-0.25, -0.2) is 4.79 Å². The first-order valence-corrected chi connectivity index (χ1v) is 7.88. The summed E-state index contributed by atoms with van der Waals surface area (Å²) in [5, 5.41) is 19.1. The van der Waals surface area contributed by atoms with Crippen LogP contribution in [0.15, 0.2) is 11.0 Å². The highest BCUT2D eigenvalue weighted by Gasteiger charge is 2.35. The van der Waals surface area contributed by atoms with Gasteiger partial charge in [-0.05, 0) is 6.42 Å². The van der Waals surface area contributed by atoms with Gasteiger partial charge in [-0.3, -0.25) is 4.57 Å². The van der Waals surface area contributed by atoms with Crippen LogP contribution in [-0.4, -0.2) is 38.6 Å². The van der Waals surface area contributed by atoms with Crippen molar-refractivity contribution < 1.29 is 14.9 Å². The van der Waals surface area contributed by atoms with Crippen LogP contribution in [0.4, 0.5) is 5.82 Å². The van der Waals surface area contributed by atoms with Crippen LogP contribution in [0.2, 0.25) is 0 Å². The Balaban J connectivity index is 2.21. The summed E-state index contributed by atoms with van der Waals surface area (Å²) >= 11 is 0. The Kier molecular flexibility index (Phi) is 6.16. The molecule has 0 aliphatic carbocycles. The van der Waals surface area contributed by atoms with Crippen LogP contribution >= 0.6 is 0 Å². The first-order chi connectivity index (χ1) is 11.1. The lowest BCUT2D eigenvalue weighted by Gasteiger charge is -2.17. The van der Waals surface area contributed by atoms with E-state index in [1.165, 1.54) is 10.8 Å². The van der Waals surface area contributed by atoms with E-state index in [1.807, 2.05) is 0 Å². The van der Waals surface area contributed by atoms with E-state index in [2.05, 4.69) is 23.7 Å². The fraction of sp³-hybridized carbons (Fsp3) is 0.625. The summed E-state index contributed by atoms with van der Waals surface area (Å²) < 4.78 is 6.66. The van der Waals surface area contributed by atoms with Crippen molar-refractivity contribution in [2.45, 2.75) is 57.5 Å². The number of nitrogens with two attached hydrogens (primary N) is 1. The number of hydrogen-bond donors (Lipinski definition) is 3. The van der Waals surface area contributed by atoms with Crippen molar-refractivity contribution in [3.05, 3.63) is 22.2 Å². The molecule has 0 spiro atoms. The fourth-order valence-corrected chi connectivity index (χ4v) is 2.48. The van der Waals surface area contributed by atoms with Gasteiger partial charge in [-0.15, -0.1) is 0 Å². The Bertz CT molecular complexity index is 647. The molecule has 3 atom stereocenters. The van der Waals surface area contributed by atoms with Gasteiger partial charge in [0.15, 0.2) is 6.23 Å². The zero-order chi connectivity index (χ0) is 16.8. The molecule has 0 aromatic carbocycles. The molecule has 1 unspecified atom stereocenters. The van der Waals surface area contributed by atoms with Gasteiger partial charge in [0.1, 0.15) is 11.9 Å². The van der Waals surface area contributed by atoms with E-state index in [1.54, 1.807) is 0 Å². The molecule has 126 valence electrons. The monoisotopic (exact) mass is 321 g/mol. The van der Waals surface area contributed by atoms with Crippen molar-refractivity contribution in [1.82, 2.24) is 9.55 Å². The van der Waals surface area contributed by atoms with E-state index >= 15 is 0 Å². The van der Waals surface area contributed by atoms with Crippen molar-refractivity contribution in [3.8, 4) is 11.8 Å². The molecule has 0 amide bonds. The van der Waals surface area contributed by atoms with Crippen molar-refractivity contribution in [3.63, 3.8) is 0 Å². The van der Waals surface area contributed by atoms with Crippen LogP contribution in [0.25, 0.3) is 0 Å². The molecule has 1 aromatic rings. The van der Waals surface area contributed by atoms with E-state index in [9.17, 15) is 9.90 Å². The van der Waals surface area contributed by atoms with Gasteiger partial charge in [0.25, 0.3) is 0 Å². The first kappa shape index (κ1) is 17.5. The number of aliphatic hydroxyl groups is 2. The molecule has 0 radical (unpaired) electrons. The van der Waals surface area contributed by atoms with Gasteiger partial charge in [0, 0.05) is 19.0 Å². The van der Waals surface area contributed by atoms with Crippen LogP contribution < -0.4 is 11.4 Å². The number of anilines is 1. The SMILES string of the molecule is CCCCCC#Cc1cn([C@@H]2O[C@H](CO)CC2O)c(=O)nc1N. The largest absolute Gasteiger partial charge is 0.394 e. The Labute approximate surface area is 135 Å². The van der Waals surface area contributed by atoms with Gasteiger partial charge in [0.05, 0.1) is 18.3 Å². The van der Waals surface area contributed by atoms with Gasteiger partial charge >= 0.3 is 5.69 Å². The highest BCUT2D eigenvalue weighted by Crippen LogP contribution is 2.27. The maximum atomic E-state index is 12.0. The summed E-state index contributed by atoms with van der Waals surface area (Å²) in [7, 11) is 0. The lowest BCUT2D eigenvalue weighted by molar-refractivity contribution is -0.0529. The van der Waals surface area contributed by atoms with Gasteiger partial charge in [0.2, 0.25) is 0 Å². The number of rotatable bonds is 5. The summed E-state index contributed by atoms with van der Waals surface area (Å²) in [6.45, 7) is 1.91. The Morgan fingerprint density at radius 2 is 2.30 bits per heavy atom. The van der Waals surface area contributed by atoms with Crippen molar-refractivity contribution >= 4 is 5.82 Å². The average molecular weight is 321 g/mol. The van der Waals surface area contributed by atoms with Crippen LogP contribution in [0, 0.1) is 11.8 Å². The molecule has 2 heterocycles. The van der Waals surface area contributed by atoms with Crippen molar-refractivity contribution in [2.24, 2.45) is 0 Å². The zero-order valence-electron chi connectivity index (χ0n) is 13.2. The number of hydrogen-bond acceptors (Lipinski definition) is 6. The second-order valence-electron chi connectivity index (χ2n) is 5.62. The lowest BCUT2D eigenvalue weighted by Crippen LogP contribution is -2.32. The minimum absolute atomic E-state index is 0.0698. The van der Waals surface area contributed by atoms with E-state index in [-0.39, 0.29) is 18.8 Å². The zero-order valence-corrected chi connectivity index (χ0v) is 13.2. The molecule has 1 aromatic heterocycles. The van der Waals surface area contributed by atoms with Crippen molar-refractivity contribution in [1.29, 1.82) is 0 Å². The third-order valence-corrected chi connectivity index (χ3v) is 3.75. The molecule has 0 bridgehead atoms. The first-order valence-electron chi connectivity index (χ1n) is 7.88. The molecule has 7 nitrogen and oxygen atoms in total. The maximum Gasteiger partial charge on any atom is 0.351 e. The summed E-state index contributed by atoms with van der Waals surface area (Å²) in [6, 6.07) is 0. The van der Waals surface area contributed by atoms with Crippen LogP contribution in [0.1, 0.15) is 50.8 Å². The number of nitrogens with zero attached hydrogens (tertiary/aromatic N) is 2. The van der Waals surface area contributed by atoms with Gasteiger partial charge in [-0.2, -0.15) is 4.98 Å². The topological polar surface area (TPSA) is 111 Å². The average Bonchev–Trinajstić information content (AvgIpc) is 2.90. The Morgan fingerprint density at radius 3 is 2.96 bits per heavy atom. The van der Waals surface area contributed by atoms with Gasteiger partial charge < -0.3 is 20.7 Å². The summed E-state index contributed by atoms with van der Waals surface area (Å²) in [5.74, 6) is 6.01. The molecule has 4 N–H and O–H groups in total. The molecular formula is C16H23N3O4. The molecule has 1 fully saturated rings. The van der Waals surface area contributed by atoms with E-state index in [0.29, 0.717) is 5.56 Å². The summed E-state index contributed by atoms with van der Waals surface area (Å²) in [4.78, 5) is 15.8. The van der Waals surface area contributed by atoms with E-state index in [4.69, 9.17) is 15.6 Å². The van der Waals surface area contributed by atoms with E-state index in [0.717, 1.165) is 25.7 Å². The molecular weight excluding hydrogens is 298 g/mol. The highest BCUT2D eigenvalue weighted by atomic mass is 16.5. The third kappa shape index (κ3) is 4.32. The smallest absolute Gasteiger partial charge is 0.351 e. The quantitative estimate of drug-likeness (QED) is 0.535. The minimum Gasteiger partial charge on any atom is -0.394 e. The molecule has 7 heteroatoms. The molecule has 0 saturated carbocycles. The molecule has 1 aliphatic rings. The van der Waals surface area contributed by atoms with Gasteiger partial charge in [-0.1, -0.05) is 31.6 Å². The second-order valence-corrected chi connectivity index (χ2v) is 5.62. The van der Waals surface area contributed by atoms with Crippen LogP contribution in [0.5, 0.6) is 0 Å². The van der Waals surface area contributed by atoms with E-state index < -0.39 is 24.1 Å². The summed E-state index contributed by atoms with van der Waals surface area (Å²) in [6.07, 6.45) is 3.46. The standard InChI is InChI=1S/C16H23N3O4/c1-2-3-4-5-6-7-11-9-19(16(22)18-14(11)17)15-13(21)8-12(10-20)23-15/h9,12-13,15,20-21H,2-5,8,10H2,1H3,(H2,17,18,22)/t12-,13?,15+/m0/s1. The second kappa shape index (κ2) is 8.11. The number of aliphatic hydroxyl groups excluding tert-OH is 2. The molecule has 2 rings (SSSR count). The summed E-state index contributed by atoms with van der Waals surface area (Å²) in [5.41, 5.74) is 5.57. The predicted molar refractivity (Wildman–Crippen MR) is 85.5 cm³/mol. The third-order valence-electron chi connectivity index (χ3n) is 3.75. The number of ether oxygens (including phenoxy) is 1. The predicted octanol–water partition coefficient (Wildman–Crippen LogP) is 0.398. The normalized spacial score (nSPS) is 23.5. The van der Waals surface area contributed by atoms with Crippen molar-refractivity contribution in [2.75, 3.05) is 12.3 Å². The fourth-order valence-electron chi connectivity index (χ4n) is 2.48. The number of nitrogen functional groups attached to an aromatic ring is 1. The van der Waals surface area contributed by atoms with Crippen LogP contribution in [-0.2, 0) is 4.74 Å².